The number of aldehydes is 1. The van der Waals surface area contributed by atoms with Gasteiger partial charge in [0, 0.05) is 17.0 Å². The molecule has 0 aromatic carbocycles. The summed E-state index contributed by atoms with van der Waals surface area (Å²) in [7, 11) is 0. The summed E-state index contributed by atoms with van der Waals surface area (Å²) in [6.45, 7) is 8.67. The van der Waals surface area contributed by atoms with Crippen LogP contribution in [0, 0.1) is 13.8 Å². The maximum absolute atomic E-state index is 10.9. The summed E-state index contributed by atoms with van der Waals surface area (Å²) >= 11 is 1.68. The molecule has 0 N–H and O–H groups in total. The molecule has 0 unspecified atom stereocenters. The van der Waals surface area contributed by atoms with Crippen molar-refractivity contribution in [2.45, 2.75) is 40.2 Å². The lowest BCUT2D eigenvalue weighted by Crippen LogP contribution is -2.05. The number of hydrogen-bond acceptors (Lipinski definition) is 4. The number of rotatable bonds is 4. The van der Waals surface area contributed by atoms with Crippen molar-refractivity contribution in [1.82, 2.24) is 14.8 Å². The second kappa shape index (κ2) is 5.02. The van der Waals surface area contributed by atoms with E-state index in [4.69, 9.17) is 0 Å². The Morgan fingerprint density at radius 1 is 1.44 bits per heavy atom. The molecule has 5 heteroatoms. The van der Waals surface area contributed by atoms with Crippen LogP contribution in [0.15, 0.2) is 5.38 Å². The topological polar surface area (TPSA) is 47.8 Å². The molecule has 0 aliphatic rings. The van der Waals surface area contributed by atoms with E-state index < -0.39 is 0 Å². The van der Waals surface area contributed by atoms with Crippen LogP contribution >= 0.6 is 11.3 Å². The van der Waals surface area contributed by atoms with Crippen molar-refractivity contribution < 1.29 is 4.79 Å². The predicted octanol–water partition coefficient (Wildman–Crippen LogP) is 2.94. The number of thiazole rings is 1. The smallest absolute Gasteiger partial charge is 0.153 e. The van der Waals surface area contributed by atoms with Crippen LogP contribution in [-0.4, -0.2) is 21.1 Å². The minimum atomic E-state index is 0.453. The van der Waals surface area contributed by atoms with Crippen LogP contribution in [0.5, 0.6) is 0 Å². The second-order valence-electron chi connectivity index (χ2n) is 4.69. The average Bonchev–Trinajstić information content (AvgIpc) is 2.86. The first-order valence-corrected chi connectivity index (χ1v) is 6.84. The molecule has 0 atom stereocenters. The van der Waals surface area contributed by atoms with Gasteiger partial charge in [0.15, 0.2) is 6.29 Å². The summed E-state index contributed by atoms with van der Waals surface area (Å²) in [6, 6.07) is 0. The molecular weight excluding hydrogens is 246 g/mol. The van der Waals surface area contributed by atoms with Crippen LogP contribution in [0.4, 0.5) is 0 Å². The second-order valence-corrected chi connectivity index (χ2v) is 5.58. The van der Waals surface area contributed by atoms with Gasteiger partial charge < -0.3 is 0 Å². The maximum atomic E-state index is 10.9. The van der Waals surface area contributed by atoms with E-state index in [-0.39, 0.29) is 0 Å². The maximum Gasteiger partial charge on any atom is 0.153 e. The fourth-order valence-corrected chi connectivity index (χ4v) is 2.68. The zero-order valence-corrected chi connectivity index (χ0v) is 11.9. The van der Waals surface area contributed by atoms with Gasteiger partial charge in [0.25, 0.3) is 0 Å². The van der Waals surface area contributed by atoms with Gasteiger partial charge in [-0.15, -0.1) is 11.3 Å². The van der Waals surface area contributed by atoms with E-state index in [0.29, 0.717) is 18.0 Å². The number of aromatic nitrogens is 3. The van der Waals surface area contributed by atoms with Crippen LogP contribution < -0.4 is 0 Å². The lowest BCUT2D eigenvalue weighted by Gasteiger charge is -2.02. The molecule has 0 spiro atoms. The molecule has 0 bridgehead atoms. The Labute approximate surface area is 111 Å². The van der Waals surface area contributed by atoms with E-state index in [1.807, 2.05) is 18.5 Å². The molecule has 2 rings (SSSR count). The molecule has 18 heavy (non-hydrogen) atoms. The molecule has 0 amide bonds. The Hall–Kier alpha value is -1.49. The normalized spacial score (nSPS) is 11.2. The SMILES string of the molecule is Cc1nn(Cc2csc(C(C)C)n2)c(C)c1C=O. The number of nitrogens with zero attached hydrogens (tertiary/aromatic N) is 3. The lowest BCUT2D eigenvalue weighted by molar-refractivity contribution is 0.112. The van der Waals surface area contributed by atoms with Gasteiger partial charge >= 0.3 is 0 Å². The van der Waals surface area contributed by atoms with Crippen molar-refractivity contribution in [3.8, 4) is 0 Å². The Morgan fingerprint density at radius 2 is 2.17 bits per heavy atom. The van der Waals surface area contributed by atoms with E-state index in [1.165, 1.54) is 0 Å². The number of aryl methyl sites for hydroxylation is 1. The monoisotopic (exact) mass is 263 g/mol. The van der Waals surface area contributed by atoms with Gasteiger partial charge in [0.05, 0.1) is 28.5 Å². The van der Waals surface area contributed by atoms with Crippen molar-refractivity contribution in [2.24, 2.45) is 0 Å². The third-order valence-corrected chi connectivity index (χ3v) is 4.12. The Bertz CT molecular complexity index is 569. The molecule has 0 fully saturated rings. The average molecular weight is 263 g/mol. The molecule has 96 valence electrons. The van der Waals surface area contributed by atoms with Crippen LogP contribution in [-0.2, 0) is 6.54 Å². The van der Waals surface area contributed by atoms with Gasteiger partial charge in [-0.2, -0.15) is 5.10 Å². The van der Waals surface area contributed by atoms with Crippen LogP contribution in [0.2, 0.25) is 0 Å². The highest BCUT2D eigenvalue weighted by molar-refractivity contribution is 7.09. The molecule has 0 saturated heterocycles. The molecule has 0 saturated carbocycles. The summed E-state index contributed by atoms with van der Waals surface area (Å²) < 4.78 is 1.85. The molecule has 0 radical (unpaired) electrons. The Morgan fingerprint density at radius 3 is 2.67 bits per heavy atom. The molecule has 0 aliphatic carbocycles. The van der Waals surface area contributed by atoms with Gasteiger partial charge in [-0.25, -0.2) is 4.98 Å². The first-order valence-electron chi connectivity index (χ1n) is 5.96. The molecule has 4 nitrogen and oxygen atoms in total. The van der Waals surface area contributed by atoms with E-state index in [9.17, 15) is 4.79 Å². The molecule has 2 aromatic rings. The first kappa shape index (κ1) is 13.0. The van der Waals surface area contributed by atoms with Crippen LogP contribution in [0.1, 0.15) is 52.2 Å². The largest absolute Gasteiger partial charge is 0.298 e. The molecular formula is C13H17N3OS. The summed E-state index contributed by atoms with van der Waals surface area (Å²) in [6.07, 6.45) is 0.870. The van der Waals surface area contributed by atoms with Gasteiger partial charge in [-0.05, 0) is 13.8 Å². The fourth-order valence-electron chi connectivity index (χ4n) is 1.85. The predicted molar refractivity (Wildman–Crippen MR) is 72.4 cm³/mol. The van der Waals surface area contributed by atoms with Gasteiger partial charge in [-0.1, -0.05) is 13.8 Å². The standard InChI is InChI=1S/C13H17N3OS/c1-8(2)13-14-11(7-18-13)5-16-10(4)12(6-17)9(3)15-16/h6-8H,5H2,1-4H3. The lowest BCUT2D eigenvalue weighted by atomic mass is 10.2. The highest BCUT2D eigenvalue weighted by atomic mass is 32.1. The van der Waals surface area contributed by atoms with Crippen LogP contribution in [0.25, 0.3) is 0 Å². The van der Waals surface area contributed by atoms with Gasteiger partial charge in [-0.3, -0.25) is 9.48 Å². The van der Waals surface area contributed by atoms with Crippen molar-refractivity contribution in [2.75, 3.05) is 0 Å². The summed E-state index contributed by atoms with van der Waals surface area (Å²) in [5.74, 6) is 0.453. The van der Waals surface area contributed by atoms with E-state index >= 15 is 0 Å². The van der Waals surface area contributed by atoms with Crippen molar-refractivity contribution in [3.05, 3.63) is 33.0 Å². The molecule has 2 heterocycles. The molecule has 0 aliphatic heterocycles. The summed E-state index contributed by atoms with van der Waals surface area (Å²) in [5.41, 5.74) is 3.38. The summed E-state index contributed by atoms with van der Waals surface area (Å²) in [4.78, 5) is 15.5. The van der Waals surface area contributed by atoms with Gasteiger partial charge in [0.2, 0.25) is 0 Å². The third-order valence-electron chi connectivity index (χ3n) is 2.93. The van der Waals surface area contributed by atoms with Crippen molar-refractivity contribution >= 4 is 17.6 Å². The Kier molecular flexibility index (Phi) is 3.61. The van der Waals surface area contributed by atoms with E-state index in [2.05, 4.69) is 29.3 Å². The molecule has 2 aromatic heterocycles. The number of carbonyl (C=O) groups is 1. The van der Waals surface area contributed by atoms with E-state index in [1.54, 1.807) is 11.3 Å². The zero-order chi connectivity index (χ0) is 13.3. The first-order chi connectivity index (χ1) is 8.52. The fraction of sp³-hybridized carbons (Fsp3) is 0.462. The summed E-state index contributed by atoms with van der Waals surface area (Å²) in [5, 5.41) is 7.58. The minimum absolute atomic E-state index is 0.453. The van der Waals surface area contributed by atoms with E-state index in [0.717, 1.165) is 28.4 Å². The van der Waals surface area contributed by atoms with Gasteiger partial charge in [0.1, 0.15) is 0 Å². The van der Waals surface area contributed by atoms with Crippen molar-refractivity contribution in [1.29, 1.82) is 0 Å². The zero-order valence-electron chi connectivity index (χ0n) is 11.1. The number of carbonyl (C=O) groups excluding carboxylic acids is 1. The number of hydrogen-bond donors (Lipinski definition) is 0. The highest BCUT2D eigenvalue weighted by Crippen LogP contribution is 2.20. The minimum Gasteiger partial charge on any atom is -0.298 e. The highest BCUT2D eigenvalue weighted by Gasteiger charge is 2.12. The van der Waals surface area contributed by atoms with Crippen molar-refractivity contribution in [3.63, 3.8) is 0 Å². The van der Waals surface area contributed by atoms with Crippen LogP contribution in [0.3, 0.4) is 0 Å². The quantitative estimate of drug-likeness (QED) is 0.797. The third kappa shape index (κ3) is 2.36. The Balaban J connectivity index is 2.25.